The molecular weight excluding hydrogens is 292 g/mol. The third-order valence-electron chi connectivity index (χ3n) is 4.82. The van der Waals surface area contributed by atoms with Crippen LogP contribution in [-0.4, -0.2) is 79.0 Å². The molecule has 1 aromatic heterocycles. The average Bonchev–Trinajstić information content (AvgIpc) is 2.88. The van der Waals surface area contributed by atoms with Gasteiger partial charge in [-0.15, -0.1) is 0 Å². The molecule has 3 rings (SSSR count). The van der Waals surface area contributed by atoms with Crippen molar-refractivity contribution in [1.82, 2.24) is 19.7 Å². The highest BCUT2D eigenvalue weighted by molar-refractivity contribution is 5.78. The molecule has 0 bridgehead atoms. The molecule has 0 N–H and O–H groups in total. The maximum Gasteiger partial charge on any atom is 0.222 e. The van der Waals surface area contributed by atoms with E-state index in [0.29, 0.717) is 24.1 Å². The lowest BCUT2D eigenvalue weighted by molar-refractivity contribution is -0.126. The van der Waals surface area contributed by atoms with Crippen molar-refractivity contribution in [2.24, 2.45) is 5.92 Å². The summed E-state index contributed by atoms with van der Waals surface area (Å²) in [5.74, 6) is 1.46. The van der Waals surface area contributed by atoms with Crippen LogP contribution in [0.3, 0.4) is 0 Å². The van der Waals surface area contributed by atoms with E-state index in [1.165, 1.54) is 5.56 Å². The molecule has 0 saturated carbocycles. The van der Waals surface area contributed by atoms with E-state index in [9.17, 15) is 4.79 Å². The maximum atomic E-state index is 11.6. The Labute approximate surface area is 138 Å². The molecule has 23 heavy (non-hydrogen) atoms. The molecule has 0 aromatic carbocycles. The Morgan fingerprint density at radius 2 is 1.96 bits per heavy atom. The lowest BCUT2D eigenvalue weighted by Gasteiger charge is -2.35. The summed E-state index contributed by atoms with van der Waals surface area (Å²) in [6.07, 6.45) is 2.61. The number of nitrogens with zero attached hydrogens (tertiary/aromatic N) is 4. The van der Waals surface area contributed by atoms with Crippen LogP contribution >= 0.6 is 0 Å². The molecule has 1 atom stereocenters. The zero-order chi connectivity index (χ0) is 16.2. The van der Waals surface area contributed by atoms with Crippen LogP contribution < -0.4 is 4.74 Å². The molecule has 3 heterocycles. The topological polar surface area (TPSA) is 48.9 Å². The minimum absolute atomic E-state index is 0.292. The second-order valence-electron chi connectivity index (χ2n) is 6.63. The minimum atomic E-state index is 0.292. The van der Waals surface area contributed by atoms with E-state index in [2.05, 4.69) is 20.9 Å². The zero-order valence-electron chi connectivity index (χ0n) is 14.1. The molecule has 6 heteroatoms. The number of hydrogen-bond acceptors (Lipinski definition) is 5. The van der Waals surface area contributed by atoms with Crippen molar-refractivity contribution in [2.75, 3.05) is 53.4 Å². The van der Waals surface area contributed by atoms with Crippen molar-refractivity contribution in [3.8, 4) is 5.88 Å². The SMILES string of the molecule is COc1ccc(CN2CCN(CC3CC(=O)N(C)C3)CC2)cn1. The third-order valence-corrected chi connectivity index (χ3v) is 4.82. The van der Waals surface area contributed by atoms with Gasteiger partial charge < -0.3 is 14.5 Å². The van der Waals surface area contributed by atoms with Gasteiger partial charge in [-0.3, -0.25) is 9.69 Å². The molecular formula is C17H26N4O2. The van der Waals surface area contributed by atoms with Crippen molar-refractivity contribution in [2.45, 2.75) is 13.0 Å². The Balaban J connectivity index is 1.42. The van der Waals surface area contributed by atoms with E-state index in [1.54, 1.807) is 7.11 Å². The highest BCUT2D eigenvalue weighted by atomic mass is 16.5. The van der Waals surface area contributed by atoms with Gasteiger partial charge in [-0.05, 0) is 11.5 Å². The number of rotatable bonds is 5. The van der Waals surface area contributed by atoms with Gasteiger partial charge in [-0.1, -0.05) is 6.07 Å². The summed E-state index contributed by atoms with van der Waals surface area (Å²) >= 11 is 0. The van der Waals surface area contributed by atoms with Gasteiger partial charge in [-0.2, -0.15) is 0 Å². The summed E-state index contributed by atoms with van der Waals surface area (Å²) < 4.78 is 5.09. The molecule has 1 aromatic rings. The fraction of sp³-hybridized carbons (Fsp3) is 0.647. The van der Waals surface area contributed by atoms with Crippen molar-refractivity contribution in [3.63, 3.8) is 0 Å². The molecule has 2 fully saturated rings. The number of ether oxygens (including phenoxy) is 1. The fourth-order valence-electron chi connectivity index (χ4n) is 3.46. The van der Waals surface area contributed by atoms with Gasteiger partial charge in [0.15, 0.2) is 0 Å². The van der Waals surface area contributed by atoms with Crippen LogP contribution in [0.2, 0.25) is 0 Å². The second-order valence-corrected chi connectivity index (χ2v) is 6.63. The number of pyridine rings is 1. The predicted molar refractivity (Wildman–Crippen MR) is 88.3 cm³/mol. The molecule has 2 aliphatic heterocycles. The van der Waals surface area contributed by atoms with Crippen LogP contribution in [0.5, 0.6) is 5.88 Å². The van der Waals surface area contributed by atoms with Crippen LogP contribution in [0.25, 0.3) is 0 Å². The van der Waals surface area contributed by atoms with Crippen molar-refractivity contribution >= 4 is 5.91 Å². The van der Waals surface area contributed by atoms with Crippen LogP contribution in [0.1, 0.15) is 12.0 Å². The molecule has 0 spiro atoms. The second kappa shape index (κ2) is 7.27. The number of methoxy groups -OCH3 is 1. The lowest BCUT2D eigenvalue weighted by Crippen LogP contribution is -2.47. The first-order valence-corrected chi connectivity index (χ1v) is 8.31. The number of likely N-dealkylation sites (tertiary alicyclic amines) is 1. The van der Waals surface area contributed by atoms with Gasteiger partial charge in [0.05, 0.1) is 7.11 Å². The standard InChI is InChI=1S/C17H26N4O2/c1-19-11-15(9-17(19)22)13-21-7-5-20(6-8-21)12-14-3-4-16(23-2)18-10-14/h3-4,10,15H,5-9,11-13H2,1-2H3. The zero-order valence-corrected chi connectivity index (χ0v) is 14.1. The number of carbonyl (C=O) groups is 1. The molecule has 1 amide bonds. The van der Waals surface area contributed by atoms with Gasteiger partial charge in [0.2, 0.25) is 11.8 Å². The molecule has 2 saturated heterocycles. The predicted octanol–water partition coefficient (Wildman–Crippen LogP) is 0.686. The normalized spacial score (nSPS) is 23.5. The molecule has 126 valence electrons. The monoisotopic (exact) mass is 318 g/mol. The molecule has 1 unspecified atom stereocenters. The van der Waals surface area contributed by atoms with Crippen molar-refractivity contribution in [1.29, 1.82) is 0 Å². The van der Waals surface area contributed by atoms with E-state index in [1.807, 2.05) is 24.2 Å². The van der Waals surface area contributed by atoms with Crippen LogP contribution in [0, 0.1) is 5.92 Å². The van der Waals surface area contributed by atoms with Crippen LogP contribution in [-0.2, 0) is 11.3 Å². The maximum absolute atomic E-state index is 11.6. The van der Waals surface area contributed by atoms with Crippen molar-refractivity contribution in [3.05, 3.63) is 23.9 Å². The van der Waals surface area contributed by atoms with Crippen LogP contribution in [0.15, 0.2) is 18.3 Å². The Morgan fingerprint density at radius 1 is 1.22 bits per heavy atom. The van der Waals surface area contributed by atoms with Gasteiger partial charge in [0.1, 0.15) is 0 Å². The molecule has 0 aliphatic carbocycles. The average molecular weight is 318 g/mol. The summed E-state index contributed by atoms with van der Waals surface area (Å²) in [6.45, 7) is 7.21. The Kier molecular flexibility index (Phi) is 5.13. The third kappa shape index (κ3) is 4.20. The fourth-order valence-corrected chi connectivity index (χ4v) is 3.46. The van der Waals surface area contributed by atoms with E-state index >= 15 is 0 Å². The molecule has 6 nitrogen and oxygen atoms in total. The summed E-state index contributed by atoms with van der Waals surface area (Å²) in [5.41, 5.74) is 1.22. The number of hydrogen-bond donors (Lipinski definition) is 0. The molecule has 0 radical (unpaired) electrons. The first-order valence-electron chi connectivity index (χ1n) is 8.31. The highest BCUT2D eigenvalue weighted by Crippen LogP contribution is 2.18. The number of piperazine rings is 1. The van der Waals surface area contributed by atoms with Crippen molar-refractivity contribution < 1.29 is 9.53 Å². The van der Waals surface area contributed by atoms with E-state index in [0.717, 1.165) is 45.8 Å². The van der Waals surface area contributed by atoms with Crippen LogP contribution in [0.4, 0.5) is 0 Å². The van der Waals surface area contributed by atoms with Gasteiger partial charge in [0.25, 0.3) is 0 Å². The lowest BCUT2D eigenvalue weighted by atomic mass is 10.1. The largest absolute Gasteiger partial charge is 0.481 e. The minimum Gasteiger partial charge on any atom is -0.481 e. The Bertz CT molecular complexity index is 526. The van der Waals surface area contributed by atoms with E-state index in [4.69, 9.17) is 4.74 Å². The van der Waals surface area contributed by atoms with Gasteiger partial charge >= 0.3 is 0 Å². The van der Waals surface area contributed by atoms with E-state index in [-0.39, 0.29) is 0 Å². The van der Waals surface area contributed by atoms with Gasteiger partial charge in [0, 0.05) is 71.5 Å². The Hall–Kier alpha value is -1.66. The number of carbonyl (C=O) groups excluding carboxylic acids is 1. The quantitative estimate of drug-likeness (QED) is 0.799. The summed E-state index contributed by atoms with van der Waals surface area (Å²) in [6, 6.07) is 4.00. The summed E-state index contributed by atoms with van der Waals surface area (Å²) in [4.78, 5) is 22.7. The first kappa shape index (κ1) is 16.2. The van der Waals surface area contributed by atoms with E-state index < -0.39 is 0 Å². The summed E-state index contributed by atoms with van der Waals surface area (Å²) in [5, 5.41) is 0. The highest BCUT2D eigenvalue weighted by Gasteiger charge is 2.29. The van der Waals surface area contributed by atoms with Gasteiger partial charge in [-0.25, -0.2) is 4.98 Å². The Morgan fingerprint density at radius 3 is 2.52 bits per heavy atom. The first-order chi connectivity index (χ1) is 11.1. The number of amides is 1. The molecule has 2 aliphatic rings. The smallest absolute Gasteiger partial charge is 0.222 e. The summed E-state index contributed by atoms with van der Waals surface area (Å²) in [7, 11) is 3.54. The number of aromatic nitrogens is 1.